The second-order valence-electron chi connectivity index (χ2n) is 4.49. The van der Waals surface area contributed by atoms with Crippen molar-refractivity contribution in [3.05, 3.63) is 34.1 Å². The summed E-state index contributed by atoms with van der Waals surface area (Å²) in [5.41, 5.74) is 7.22. The molecule has 0 unspecified atom stereocenters. The Morgan fingerprint density at radius 2 is 2.00 bits per heavy atom. The predicted molar refractivity (Wildman–Crippen MR) is 58.6 cm³/mol. The van der Waals surface area contributed by atoms with Gasteiger partial charge in [-0.3, -0.25) is 0 Å². The van der Waals surface area contributed by atoms with E-state index in [9.17, 15) is 4.39 Å². The molecule has 0 spiro atoms. The van der Waals surface area contributed by atoms with Crippen LogP contribution in [0.4, 0.5) is 4.39 Å². The summed E-state index contributed by atoms with van der Waals surface area (Å²) < 4.78 is 13.7. The van der Waals surface area contributed by atoms with Gasteiger partial charge in [0.2, 0.25) is 0 Å². The average Bonchev–Trinajstić information content (AvgIpc) is 2.54. The quantitative estimate of drug-likeness (QED) is 0.823. The molecule has 1 nitrogen and oxygen atoms in total. The highest BCUT2D eigenvalue weighted by molar-refractivity contribution is 9.10. The third kappa shape index (κ3) is 1.39. The van der Waals surface area contributed by atoms with Crippen molar-refractivity contribution in [2.45, 2.75) is 25.8 Å². The molecule has 1 aromatic rings. The van der Waals surface area contributed by atoms with E-state index in [0.717, 1.165) is 10.0 Å². The van der Waals surface area contributed by atoms with Crippen molar-refractivity contribution in [1.82, 2.24) is 0 Å². The molecule has 0 radical (unpaired) electrons. The van der Waals surface area contributed by atoms with Crippen LogP contribution in [-0.4, -0.2) is 6.04 Å². The average molecular weight is 258 g/mol. The molecule has 0 heterocycles. The summed E-state index contributed by atoms with van der Waals surface area (Å²) in [6, 6.07) is 4.99. The van der Waals surface area contributed by atoms with Crippen LogP contribution in [0.25, 0.3) is 0 Å². The molecule has 1 aliphatic rings. The van der Waals surface area contributed by atoms with Crippen LogP contribution >= 0.6 is 15.9 Å². The summed E-state index contributed by atoms with van der Waals surface area (Å²) in [6.45, 7) is 4.27. The van der Waals surface area contributed by atoms with Crippen LogP contribution in [-0.2, 0) is 0 Å². The van der Waals surface area contributed by atoms with Gasteiger partial charge in [0, 0.05) is 16.4 Å². The van der Waals surface area contributed by atoms with Gasteiger partial charge in [0.1, 0.15) is 5.82 Å². The van der Waals surface area contributed by atoms with Crippen LogP contribution < -0.4 is 5.73 Å². The minimum Gasteiger partial charge on any atom is -0.327 e. The Morgan fingerprint density at radius 3 is 2.43 bits per heavy atom. The largest absolute Gasteiger partial charge is 0.327 e. The minimum atomic E-state index is -0.215. The van der Waals surface area contributed by atoms with Crippen LogP contribution in [0.3, 0.4) is 0 Å². The Bertz CT molecular complexity index is 376. The summed E-state index contributed by atoms with van der Waals surface area (Å²) >= 11 is 3.37. The van der Waals surface area contributed by atoms with Gasteiger partial charge in [-0.15, -0.1) is 0 Å². The molecule has 0 aromatic heterocycles. The van der Waals surface area contributed by atoms with E-state index in [0.29, 0.717) is 5.92 Å². The van der Waals surface area contributed by atoms with E-state index in [1.807, 2.05) is 6.07 Å². The smallest absolute Gasteiger partial charge is 0.124 e. The lowest BCUT2D eigenvalue weighted by atomic mass is 10.0. The number of benzene rings is 1. The summed E-state index contributed by atoms with van der Waals surface area (Å²) in [5, 5.41) is 0. The predicted octanol–water partition coefficient (Wildman–Crippen LogP) is 3.04. The molecule has 1 aliphatic carbocycles. The van der Waals surface area contributed by atoms with Crippen molar-refractivity contribution >= 4 is 15.9 Å². The van der Waals surface area contributed by atoms with E-state index in [-0.39, 0.29) is 17.3 Å². The summed E-state index contributed by atoms with van der Waals surface area (Å²) in [6.07, 6.45) is 0. The molecule has 2 N–H and O–H groups in total. The summed E-state index contributed by atoms with van der Waals surface area (Å²) in [5.74, 6) is 0.130. The Balaban J connectivity index is 2.36. The highest BCUT2D eigenvalue weighted by atomic mass is 79.9. The zero-order chi connectivity index (χ0) is 10.5. The first kappa shape index (κ1) is 10.1. The topological polar surface area (TPSA) is 26.0 Å². The molecule has 0 bridgehead atoms. The van der Waals surface area contributed by atoms with Crippen molar-refractivity contribution in [3.8, 4) is 0 Å². The first-order valence-corrected chi connectivity index (χ1v) is 5.44. The van der Waals surface area contributed by atoms with Crippen molar-refractivity contribution in [2.75, 3.05) is 0 Å². The number of nitrogens with two attached hydrogens (primary N) is 1. The Hall–Kier alpha value is -0.410. The second kappa shape index (κ2) is 3.04. The summed E-state index contributed by atoms with van der Waals surface area (Å²) in [4.78, 5) is 0. The molecular formula is C11H13BrFN. The molecule has 2 atom stereocenters. The second-order valence-corrected chi connectivity index (χ2v) is 5.34. The Labute approximate surface area is 91.6 Å². The van der Waals surface area contributed by atoms with E-state index < -0.39 is 0 Å². The van der Waals surface area contributed by atoms with Crippen LogP contribution in [0.15, 0.2) is 22.7 Å². The van der Waals surface area contributed by atoms with Gasteiger partial charge in [-0.05, 0) is 23.1 Å². The Morgan fingerprint density at radius 1 is 1.43 bits per heavy atom. The van der Waals surface area contributed by atoms with Crippen LogP contribution in [0.1, 0.15) is 25.3 Å². The molecule has 3 heteroatoms. The number of hydrogen-bond donors (Lipinski definition) is 1. The van der Waals surface area contributed by atoms with Gasteiger partial charge in [-0.2, -0.15) is 0 Å². The molecule has 14 heavy (non-hydrogen) atoms. The van der Waals surface area contributed by atoms with Crippen molar-refractivity contribution < 1.29 is 4.39 Å². The molecule has 76 valence electrons. The number of rotatable bonds is 1. The third-order valence-electron chi connectivity index (χ3n) is 3.21. The summed E-state index contributed by atoms with van der Waals surface area (Å²) in [7, 11) is 0. The Kier molecular flexibility index (Phi) is 2.20. The maximum Gasteiger partial charge on any atom is 0.124 e. The fourth-order valence-electron chi connectivity index (χ4n) is 2.03. The fraction of sp³-hybridized carbons (Fsp3) is 0.455. The van der Waals surface area contributed by atoms with Crippen LogP contribution in [0.5, 0.6) is 0 Å². The van der Waals surface area contributed by atoms with Crippen molar-refractivity contribution in [1.29, 1.82) is 0 Å². The van der Waals surface area contributed by atoms with E-state index in [4.69, 9.17) is 5.73 Å². The minimum absolute atomic E-state index is 0.139. The van der Waals surface area contributed by atoms with E-state index in [1.54, 1.807) is 0 Å². The first-order valence-electron chi connectivity index (χ1n) is 4.65. The lowest BCUT2D eigenvalue weighted by Crippen LogP contribution is -2.06. The zero-order valence-electron chi connectivity index (χ0n) is 8.22. The highest BCUT2D eigenvalue weighted by Crippen LogP contribution is 2.58. The van der Waals surface area contributed by atoms with Gasteiger partial charge >= 0.3 is 0 Å². The van der Waals surface area contributed by atoms with Gasteiger partial charge < -0.3 is 5.73 Å². The number of halogens is 2. The number of hydrogen-bond acceptors (Lipinski definition) is 1. The maximum absolute atomic E-state index is 12.9. The fourth-order valence-corrected chi connectivity index (χ4v) is 2.62. The van der Waals surface area contributed by atoms with E-state index in [1.165, 1.54) is 12.1 Å². The molecule has 0 saturated heterocycles. The molecule has 0 amide bonds. The SMILES string of the molecule is CC1(C)[C@@H](N)[C@@H]1c1ccc(F)cc1Br. The first-order chi connectivity index (χ1) is 6.44. The monoisotopic (exact) mass is 257 g/mol. The maximum atomic E-state index is 12.9. The van der Waals surface area contributed by atoms with Crippen LogP contribution in [0.2, 0.25) is 0 Å². The lowest BCUT2D eigenvalue weighted by Gasteiger charge is -2.05. The molecule has 1 fully saturated rings. The van der Waals surface area contributed by atoms with Gasteiger partial charge in [-0.25, -0.2) is 4.39 Å². The lowest BCUT2D eigenvalue weighted by molar-refractivity contribution is 0.596. The molecular weight excluding hydrogens is 245 g/mol. The van der Waals surface area contributed by atoms with Gasteiger partial charge in [0.25, 0.3) is 0 Å². The van der Waals surface area contributed by atoms with Gasteiger partial charge in [0.15, 0.2) is 0 Å². The van der Waals surface area contributed by atoms with Crippen LogP contribution in [0, 0.1) is 11.2 Å². The zero-order valence-corrected chi connectivity index (χ0v) is 9.81. The molecule has 1 saturated carbocycles. The molecule has 0 aliphatic heterocycles. The van der Waals surface area contributed by atoms with Gasteiger partial charge in [0.05, 0.1) is 0 Å². The van der Waals surface area contributed by atoms with Crippen molar-refractivity contribution in [3.63, 3.8) is 0 Å². The van der Waals surface area contributed by atoms with E-state index >= 15 is 0 Å². The standard InChI is InChI=1S/C11H13BrFN/c1-11(2)9(10(11)14)7-4-3-6(13)5-8(7)12/h3-5,9-10H,14H2,1-2H3/t9-,10-/m0/s1. The normalized spacial score (nSPS) is 28.9. The van der Waals surface area contributed by atoms with Crippen molar-refractivity contribution in [2.24, 2.45) is 11.1 Å². The molecule has 1 aromatic carbocycles. The highest BCUT2D eigenvalue weighted by Gasteiger charge is 2.56. The van der Waals surface area contributed by atoms with Gasteiger partial charge in [-0.1, -0.05) is 35.8 Å². The van der Waals surface area contributed by atoms with E-state index in [2.05, 4.69) is 29.8 Å². The molecule has 2 rings (SSSR count). The third-order valence-corrected chi connectivity index (χ3v) is 3.89.